The van der Waals surface area contributed by atoms with Crippen LogP contribution in [0.5, 0.6) is 0 Å². The van der Waals surface area contributed by atoms with Crippen LogP contribution < -0.4 is 0 Å². The first-order valence-electron chi connectivity index (χ1n) is 4.42. The van der Waals surface area contributed by atoms with E-state index in [9.17, 15) is 4.79 Å². The standard InChI is InChI=1S/C10H16BNO2/c1-9(10(13)14)7-5-3-4-6-8-12(2)11/h3-7H,8,11H2,1-2H3,(H,13,14)/b5-3-,6-4+,9-7+. The van der Waals surface area contributed by atoms with E-state index in [2.05, 4.69) is 0 Å². The van der Waals surface area contributed by atoms with Gasteiger partial charge in [0, 0.05) is 12.1 Å². The van der Waals surface area contributed by atoms with Crippen LogP contribution in [0.1, 0.15) is 6.92 Å². The lowest BCUT2D eigenvalue weighted by atomic mass is 10.2. The molecule has 0 heterocycles. The molecule has 0 unspecified atom stereocenters. The number of carbonyl (C=O) groups is 1. The average molecular weight is 193 g/mol. The number of rotatable bonds is 5. The van der Waals surface area contributed by atoms with Crippen molar-refractivity contribution < 1.29 is 9.90 Å². The summed E-state index contributed by atoms with van der Waals surface area (Å²) < 4.78 is 0. The van der Waals surface area contributed by atoms with E-state index in [1.54, 1.807) is 19.1 Å². The molecule has 0 fully saturated rings. The Hall–Kier alpha value is -1.29. The van der Waals surface area contributed by atoms with Crippen molar-refractivity contribution in [1.82, 2.24) is 4.81 Å². The molecule has 0 radical (unpaired) electrons. The van der Waals surface area contributed by atoms with Gasteiger partial charge in [0.15, 0.2) is 7.98 Å². The van der Waals surface area contributed by atoms with E-state index in [1.807, 2.05) is 38.1 Å². The Bertz CT molecular complexity index is 267. The third kappa shape index (κ3) is 7.37. The maximum Gasteiger partial charge on any atom is 0.331 e. The van der Waals surface area contributed by atoms with E-state index in [1.165, 1.54) is 0 Å². The minimum atomic E-state index is -0.882. The van der Waals surface area contributed by atoms with Crippen LogP contribution in [0.25, 0.3) is 0 Å². The van der Waals surface area contributed by atoms with Gasteiger partial charge >= 0.3 is 5.97 Å². The Labute approximate surface area is 85.8 Å². The molecule has 1 N–H and O–H groups in total. The minimum absolute atomic E-state index is 0.335. The maximum absolute atomic E-state index is 10.4. The second-order valence-electron chi connectivity index (χ2n) is 3.23. The summed E-state index contributed by atoms with van der Waals surface area (Å²) >= 11 is 0. The molecule has 0 aliphatic carbocycles. The number of allylic oxidation sites excluding steroid dienone is 4. The molecule has 0 saturated heterocycles. The van der Waals surface area contributed by atoms with Crippen LogP contribution in [0.2, 0.25) is 0 Å². The van der Waals surface area contributed by atoms with E-state index >= 15 is 0 Å². The molecular weight excluding hydrogens is 177 g/mol. The summed E-state index contributed by atoms with van der Waals surface area (Å²) in [4.78, 5) is 12.4. The van der Waals surface area contributed by atoms with E-state index < -0.39 is 5.97 Å². The smallest absolute Gasteiger partial charge is 0.331 e. The highest BCUT2D eigenvalue weighted by Gasteiger charge is 1.94. The molecule has 0 aliphatic heterocycles. The highest BCUT2D eigenvalue weighted by atomic mass is 16.4. The summed E-state index contributed by atoms with van der Waals surface area (Å²) in [6, 6.07) is 0. The van der Waals surface area contributed by atoms with Gasteiger partial charge < -0.3 is 9.92 Å². The largest absolute Gasteiger partial charge is 0.478 e. The van der Waals surface area contributed by atoms with Gasteiger partial charge in [-0.15, -0.1) is 0 Å². The van der Waals surface area contributed by atoms with E-state index in [0.29, 0.717) is 5.57 Å². The lowest BCUT2D eigenvalue weighted by Crippen LogP contribution is -2.12. The molecule has 0 atom stereocenters. The molecule has 0 bridgehead atoms. The molecule has 0 spiro atoms. The first-order chi connectivity index (χ1) is 6.54. The van der Waals surface area contributed by atoms with Gasteiger partial charge in [0.2, 0.25) is 0 Å². The van der Waals surface area contributed by atoms with Crippen molar-refractivity contribution in [2.75, 3.05) is 13.6 Å². The van der Waals surface area contributed by atoms with Crippen LogP contribution in [-0.2, 0) is 4.79 Å². The van der Waals surface area contributed by atoms with Gasteiger partial charge in [0.25, 0.3) is 0 Å². The van der Waals surface area contributed by atoms with E-state index in [-0.39, 0.29) is 0 Å². The van der Waals surface area contributed by atoms with Gasteiger partial charge in [0.05, 0.1) is 0 Å². The Morgan fingerprint density at radius 3 is 2.57 bits per heavy atom. The SMILES string of the molecule is BN(C)C/C=C/C=C\C=C(/C)C(=O)O. The molecule has 0 saturated carbocycles. The summed E-state index contributed by atoms with van der Waals surface area (Å²) in [6.45, 7) is 2.45. The highest BCUT2D eigenvalue weighted by molar-refractivity contribution is 6.04. The van der Waals surface area contributed by atoms with Crippen molar-refractivity contribution >= 4 is 14.0 Å². The van der Waals surface area contributed by atoms with Gasteiger partial charge in [-0.3, -0.25) is 0 Å². The maximum atomic E-state index is 10.4. The van der Waals surface area contributed by atoms with E-state index in [0.717, 1.165) is 6.54 Å². The average Bonchev–Trinajstić information content (AvgIpc) is 2.09. The number of carboxylic acids is 1. The number of hydrogen-bond acceptors (Lipinski definition) is 2. The van der Waals surface area contributed by atoms with Crippen LogP contribution >= 0.6 is 0 Å². The Balaban J connectivity index is 3.90. The molecule has 0 aromatic heterocycles. The fourth-order valence-electron chi connectivity index (χ4n) is 0.686. The predicted molar refractivity (Wildman–Crippen MR) is 60.8 cm³/mol. The van der Waals surface area contributed by atoms with Crippen molar-refractivity contribution in [3.05, 3.63) is 36.0 Å². The predicted octanol–water partition coefficient (Wildman–Crippen LogP) is 0.610. The van der Waals surface area contributed by atoms with E-state index in [4.69, 9.17) is 5.11 Å². The summed E-state index contributed by atoms with van der Waals surface area (Å²) in [5, 5.41) is 8.53. The third-order valence-electron chi connectivity index (χ3n) is 1.51. The quantitative estimate of drug-likeness (QED) is 0.395. The van der Waals surface area contributed by atoms with Gasteiger partial charge in [-0.2, -0.15) is 0 Å². The van der Waals surface area contributed by atoms with Crippen molar-refractivity contribution in [3.63, 3.8) is 0 Å². The second kappa shape index (κ2) is 7.15. The molecule has 0 aliphatic rings. The van der Waals surface area contributed by atoms with Crippen LogP contribution in [0.15, 0.2) is 36.0 Å². The highest BCUT2D eigenvalue weighted by Crippen LogP contribution is 1.92. The zero-order chi connectivity index (χ0) is 11.0. The van der Waals surface area contributed by atoms with Gasteiger partial charge in [-0.25, -0.2) is 4.79 Å². The Kier molecular flexibility index (Phi) is 6.49. The molecule has 0 aromatic carbocycles. The molecule has 0 amide bonds. The molecule has 14 heavy (non-hydrogen) atoms. The monoisotopic (exact) mass is 193 g/mol. The second-order valence-corrected chi connectivity index (χ2v) is 3.23. The number of nitrogens with zero attached hydrogens (tertiary/aromatic N) is 1. The molecular formula is C10H16BNO2. The van der Waals surface area contributed by atoms with Crippen LogP contribution in [0, 0.1) is 0 Å². The molecule has 0 aromatic rings. The third-order valence-corrected chi connectivity index (χ3v) is 1.51. The van der Waals surface area contributed by atoms with Crippen molar-refractivity contribution in [2.45, 2.75) is 6.92 Å². The summed E-state index contributed by atoms with van der Waals surface area (Å²) in [7, 11) is 3.98. The van der Waals surface area contributed by atoms with Crippen molar-refractivity contribution in [1.29, 1.82) is 0 Å². The van der Waals surface area contributed by atoms with Gasteiger partial charge in [-0.05, 0) is 14.0 Å². The zero-order valence-electron chi connectivity index (χ0n) is 8.90. The Morgan fingerprint density at radius 2 is 2.07 bits per heavy atom. The van der Waals surface area contributed by atoms with Crippen LogP contribution in [0.4, 0.5) is 0 Å². The zero-order valence-corrected chi connectivity index (χ0v) is 8.90. The van der Waals surface area contributed by atoms with Crippen molar-refractivity contribution in [3.8, 4) is 0 Å². The summed E-state index contributed by atoms with van der Waals surface area (Å²) in [6.07, 6.45) is 9.00. The van der Waals surface area contributed by atoms with Crippen molar-refractivity contribution in [2.24, 2.45) is 0 Å². The first kappa shape index (κ1) is 12.7. The fraction of sp³-hybridized carbons (Fsp3) is 0.300. The first-order valence-corrected chi connectivity index (χ1v) is 4.42. The topological polar surface area (TPSA) is 40.5 Å². The lowest BCUT2D eigenvalue weighted by Gasteiger charge is -2.02. The summed E-state index contributed by atoms with van der Waals surface area (Å²) in [5.41, 5.74) is 0.335. The number of carboxylic acid groups (broad SMARTS) is 1. The Morgan fingerprint density at radius 1 is 1.43 bits per heavy atom. The lowest BCUT2D eigenvalue weighted by molar-refractivity contribution is -0.132. The van der Waals surface area contributed by atoms with Gasteiger partial charge in [0.1, 0.15) is 0 Å². The fourth-order valence-corrected chi connectivity index (χ4v) is 0.686. The van der Waals surface area contributed by atoms with Crippen LogP contribution in [-0.4, -0.2) is 37.5 Å². The number of hydrogen-bond donors (Lipinski definition) is 1. The molecule has 0 rings (SSSR count). The van der Waals surface area contributed by atoms with Gasteiger partial charge in [-0.1, -0.05) is 30.4 Å². The minimum Gasteiger partial charge on any atom is -0.478 e. The number of aliphatic carboxylic acids is 1. The normalized spacial score (nSPS) is 13.2. The summed E-state index contributed by atoms with van der Waals surface area (Å²) in [5.74, 6) is -0.882. The van der Waals surface area contributed by atoms with Crippen LogP contribution in [0.3, 0.4) is 0 Å². The molecule has 3 nitrogen and oxygen atoms in total. The molecule has 4 heteroatoms. The molecule has 76 valence electrons. The number of likely N-dealkylation sites (N-methyl/N-ethyl adjacent to an activating group) is 1.